The van der Waals surface area contributed by atoms with Gasteiger partial charge >= 0.3 is 28.1 Å². The number of nitrogens with one attached hydrogen (secondary N) is 1. The van der Waals surface area contributed by atoms with Crippen molar-refractivity contribution < 1.29 is 61.2 Å². The summed E-state index contributed by atoms with van der Waals surface area (Å²) >= 11 is 4.30. The van der Waals surface area contributed by atoms with Crippen LogP contribution in [0, 0.1) is 0 Å². The van der Waals surface area contributed by atoms with E-state index in [1.165, 1.54) is 0 Å². The van der Waals surface area contributed by atoms with Gasteiger partial charge in [0.05, 0.1) is 0 Å². The lowest BCUT2D eigenvalue weighted by Gasteiger charge is -2.38. The van der Waals surface area contributed by atoms with E-state index in [0.717, 1.165) is 19.2 Å². The van der Waals surface area contributed by atoms with Gasteiger partial charge in [-0.15, -0.1) is 0 Å². The molecule has 0 aromatic carbocycles. The quantitative estimate of drug-likeness (QED) is 0.157. The van der Waals surface area contributed by atoms with E-state index in [0.29, 0.717) is 11.7 Å². The normalized spacial score (nSPS) is 21.3. The van der Waals surface area contributed by atoms with E-state index in [-0.39, 0.29) is 0 Å². The number of hydrogen-bond acceptors (Lipinski definition) is 11. The highest BCUT2D eigenvalue weighted by molar-refractivity contribution is 8.08. The van der Waals surface area contributed by atoms with E-state index in [4.69, 9.17) is 9.79 Å². The van der Waals surface area contributed by atoms with Crippen LogP contribution in [0.4, 0.5) is 4.39 Å². The molecule has 2 unspecified atom stereocenters. The molecule has 1 aromatic rings. The lowest BCUT2D eigenvalue weighted by molar-refractivity contribution is -0.273. The SMILES string of the molecule is CO[C@](F)(COP(O)(=S)OP(=O)(O)OP(=O)(O)O)[C@@H](O)[C@@](C)(O)n1ccc(=O)[nH]c1=O. The zero-order valence-corrected chi connectivity index (χ0v) is 19.0. The molecule has 0 spiro atoms. The van der Waals surface area contributed by atoms with Crippen LogP contribution < -0.4 is 11.2 Å². The molecule has 0 aliphatic rings. The number of phosphoric acid groups is 2. The Kier molecular flexibility index (Phi) is 8.84. The minimum Gasteiger partial charge on any atom is -0.382 e. The molecular formula is C10H18FN2O14P3S. The minimum atomic E-state index is -5.69. The Morgan fingerprint density at radius 1 is 1.26 bits per heavy atom. The molecule has 31 heavy (non-hydrogen) atoms. The topological polar surface area (TPSA) is 247 Å². The molecule has 5 atom stereocenters. The van der Waals surface area contributed by atoms with Gasteiger partial charge in [0.15, 0.2) is 11.8 Å². The second-order valence-corrected chi connectivity index (χ2v) is 11.6. The average Bonchev–Trinajstić information content (AvgIpc) is 2.55. The van der Waals surface area contributed by atoms with Gasteiger partial charge in [-0.3, -0.25) is 14.3 Å². The molecule has 0 saturated carbocycles. The van der Waals surface area contributed by atoms with E-state index < -0.39 is 57.9 Å². The number of ether oxygens (including phenoxy) is 1. The van der Waals surface area contributed by atoms with Crippen LogP contribution in [0.5, 0.6) is 0 Å². The molecule has 180 valence electrons. The van der Waals surface area contributed by atoms with Crippen molar-refractivity contribution in [2.75, 3.05) is 13.7 Å². The number of methoxy groups -OCH3 is 1. The van der Waals surface area contributed by atoms with Crippen molar-refractivity contribution in [1.82, 2.24) is 9.55 Å². The summed E-state index contributed by atoms with van der Waals surface area (Å²) in [5, 5.41) is 20.7. The van der Waals surface area contributed by atoms with Gasteiger partial charge in [-0.2, -0.15) is 4.31 Å². The van der Waals surface area contributed by atoms with Crippen LogP contribution in [0.3, 0.4) is 0 Å². The Morgan fingerprint density at radius 2 is 1.81 bits per heavy atom. The minimum absolute atomic E-state index is 0.327. The lowest BCUT2D eigenvalue weighted by atomic mass is 10.0. The van der Waals surface area contributed by atoms with Crippen molar-refractivity contribution in [1.29, 1.82) is 0 Å². The maximum Gasteiger partial charge on any atom is 0.488 e. The van der Waals surface area contributed by atoms with Crippen LogP contribution in [-0.2, 0) is 44.5 Å². The van der Waals surface area contributed by atoms with Crippen molar-refractivity contribution >= 4 is 34.2 Å². The van der Waals surface area contributed by atoms with Gasteiger partial charge in [0.25, 0.3) is 11.4 Å². The molecule has 0 amide bonds. The van der Waals surface area contributed by atoms with Gasteiger partial charge in [0.2, 0.25) is 0 Å². The Hall–Kier alpha value is -0.680. The summed E-state index contributed by atoms with van der Waals surface area (Å²) in [5.41, 5.74) is -4.91. The van der Waals surface area contributed by atoms with Crippen molar-refractivity contribution in [2.45, 2.75) is 24.6 Å². The maximum atomic E-state index is 15.1. The zero-order valence-electron chi connectivity index (χ0n) is 15.5. The first-order valence-corrected chi connectivity index (χ1v) is 13.1. The van der Waals surface area contributed by atoms with E-state index in [1.807, 2.05) is 0 Å². The zero-order chi connectivity index (χ0) is 24.5. The molecule has 7 N–H and O–H groups in total. The highest BCUT2D eigenvalue weighted by atomic mass is 32.5. The fraction of sp³-hybridized carbons (Fsp3) is 0.600. The van der Waals surface area contributed by atoms with Crippen molar-refractivity contribution in [3.8, 4) is 0 Å². The Labute approximate surface area is 176 Å². The largest absolute Gasteiger partial charge is 0.488 e. The van der Waals surface area contributed by atoms with Crippen LogP contribution in [0.25, 0.3) is 0 Å². The van der Waals surface area contributed by atoms with Crippen LogP contribution in [-0.4, -0.2) is 65.0 Å². The van der Waals surface area contributed by atoms with Gasteiger partial charge in [-0.25, -0.2) is 22.6 Å². The lowest BCUT2D eigenvalue weighted by Crippen LogP contribution is -2.59. The molecule has 21 heteroatoms. The number of alkyl halides is 1. The summed E-state index contributed by atoms with van der Waals surface area (Å²) < 4.78 is 53.6. The summed E-state index contributed by atoms with van der Waals surface area (Å²) in [4.78, 5) is 60.6. The van der Waals surface area contributed by atoms with E-state index in [1.54, 1.807) is 4.98 Å². The molecule has 1 heterocycles. The van der Waals surface area contributed by atoms with Crippen molar-refractivity contribution in [3.63, 3.8) is 0 Å². The Bertz CT molecular complexity index is 1050. The number of aliphatic hydroxyl groups is 2. The highest BCUT2D eigenvalue weighted by Crippen LogP contribution is 2.66. The van der Waals surface area contributed by atoms with Crippen LogP contribution in [0.1, 0.15) is 6.92 Å². The third kappa shape index (κ3) is 7.99. The summed E-state index contributed by atoms with van der Waals surface area (Å²) in [7, 11) is -10.6. The first-order valence-electron chi connectivity index (χ1n) is 7.50. The molecule has 0 fully saturated rings. The van der Waals surface area contributed by atoms with Crippen LogP contribution in [0.2, 0.25) is 0 Å². The number of aromatic amines is 1. The molecule has 1 aromatic heterocycles. The fourth-order valence-electron chi connectivity index (χ4n) is 2.04. The molecule has 16 nitrogen and oxygen atoms in total. The fourth-order valence-corrected chi connectivity index (χ4v) is 5.99. The second-order valence-electron chi connectivity index (χ2n) is 5.83. The Morgan fingerprint density at radius 3 is 2.26 bits per heavy atom. The van der Waals surface area contributed by atoms with E-state index in [2.05, 4.69) is 29.7 Å². The number of nitrogens with zero attached hydrogens (tertiary/aromatic N) is 1. The molecule has 0 saturated heterocycles. The molecule has 0 radical (unpaired) electrons. The van der Waals surface area contributed by atoms with Crippen molar-refractivity contribution in [3.05, 3.63) is 33.1 Å². The predicted molar refractivity (Wildman–Crippen MR) is 101 cm³/mol. The first-order chi connectivity index (χ1) is 13.7. The molecular weight excluding hydrogens is 516 g/mol. The van der Waals surface area contributed by atoms with Gasteiger partial charge < -0.3 is 39.0 Å². The van der Waals surface area contributed by atoms with E-state index in [9.17, 15) is 38.7 Å². The number of hydrogen-bond donors (Lipinski definition) is 7. The average molecular weight is 534 g/mol. The van der Waals surface area contributed by atoms with Gasteiger partial charge in [0, 0.05) is 19.4 Å². The predicted octanol–water partition coefficient (Wildman–Crippen LogP) is -1.67. The Balaban J connectivity index is 3.09. The van der Waals surface area contributed by atoms with Gasteiger partial charge in [0.1, 0.15) is 6.61 Å². The summed E-state index contributed by atoms with van der Waals surface area (Å²) in [6, 6.07) is 0.771. The summed E-state index contributed by atoms with van der Waals surface area (Å²) in [6.07, 6.45) is -1.96. The smallest absolute Gasteiger partial charge is 0.382 e. The number of H-pyrrole nitrogens is 1. The third-order valence-corrected chi connectivity index (χ3v) is 8.12. The molecule has 0 aliphatic carbocycles. The number of halogens is 1. The maximum absolute atomic E-state index is 15.1. The first kappa shape index (κ1) is 28.4. The molecule has 1 rings (SSSR count). The molecule has 0 bridgehead atoms. The van der Waals surface area contributed by atoms with Crippen LogP contribution >= 0.6 is 22.4 Å². The monoisotopic (exact) mass is 534 g/mol. The third-order valence-electron chi connectivity index (χ3n) is 3.42. The van der Waals surface area contributed by atoms with E-state index >= 15 is 4.39 Å². The second kappa shape index (κ2) is 9.67. The highest BCUT2D eigenvalue weighted by Gasteiger charge is 2.52. The van der Waals surface area contributed by atoms with Gasteiger partial charge in [-0.05, 0) is 18.7 Å². The summed E-state index contributed by atoms with van der Waals surface area (Å²) in [6.45, 7) is -5.82. The number of aliphatic hydroxyl groups excluding tert-OH is 1. The van der Waals surface area contributed by atoms with Gasteiger partial charge in [-0.1, -0.05) is 0 Å². The van der Waals surface area contributed by atoms with Crippen LogP contribution in [0.15, 0.2) is 21.9 Å². The summed E-state index contributed by atoms with van der Waals surface area (Å²) in [5.74, 6) is -3.47. The standard InChI is InChI=1S/C10H18FN2O14P3S/c1-9(17,13-4-3-6(14)12-8(13)16)7(15)10(11,24-2)5-25-30(23,31)27-29(21,22)26-28(18,19)20/h3-4,7,15,17H,5H2,1-2H3,(H,21,22)(H,23,31)(H,12,14,16)(H2,18,19,20)/t7-,9+,10+,30?/m0/s1. The number of rotatable bonds is 11. The molecule has 0 aliphatic heterocycles. The van der Waals surface area contributed by atoms with Crippen molar-refractivity contribution in [2.24, 2.45) is 0 Å². The number of aromatic nitrogens is 2.